The van der Waals surface area contributed by atoms with Gasteiger partial charge < -0.3 is 18.9 Å². The van der Waals surface area contributed by atoms with Crippen LogP contribution in [0, 0.1) is 20.2 Å². The summed E-state index contributed by atoms with van der Waals surface area (Å²) in [7, 11) is 0. The Balaban J connectivity index is 1.12. The number of hydrazone groups is 2. The lowest BCUT2D eigenvalue weighted by Gasteiger charge is -2.03. The molecule has 16 nitrogen and oxygen atoms in total. The van der Waals surface area contributed by atoms with Gasteiger partial charge in [0.1, 0.15) is 0 Å². The van der Waals surface area contributed by atoms with Gasteiger partial charge in [-0.3, -0.25) is 29.8 Å². The van der Waals surface area contributed by atoms with E-state index in [1.54, 1.807) is 0 Å². The van der Waals surface area contributed by atoms with E-state index in [9.17, 15) is 29.8 Å². The van der Waals surface area contributed by atoms with Crippen LogP contribution < -0.4 is 29.8 Å². The first kappa shape index (κ1) is 27.7. The van der Waals surface area contributed by atoms with Crippen molar-refractivity contribution in [2.45, 2.75) is 38.5 Å². The van der Waals surface area contributed by atoms with Crippen molar-refractivity contribution in [1.82, 2.24) is 10.9 Å². The number of unbranched alkanes of at least 4 members (excludes halogenated alkanes) is 3. The number of benzene rings is 2. The highest BCUT2D eigenvalue weighted by molar-refractivity contribution is 5.89. The van der Waals surface area contributed by atoms with Gasteiger partial charge in [0.15, 0.2) is 23.0 Å². The maximum Gasteiger partial charge on any atom is 0.282 e. The van der Waals surface area contributed by atoms with Crippen LogP contribution in [0.2, 0.25) is 0 Å². The number of hydrogen-bond donors (Lipinski definition) is 2. The molecule has 2 amide bonds. The van der Waals surface area contributed by atoms with E-state index in [1.807, 2.05) is 0 Å². The molecule has 40 heavy (non-hydrogen) atoms. The van der Waals surface area contributed by atoms with Crippen LogP contribution >= 0.6 is 0 Å². The van der Waals surface area contributed by atoms with Gasteiger partial charge in [-0.05, 0) is 25.0 Å². The lowest BCUT2D eigenvalue weighted by atomic mass is 10.1. The molecule has 0 atom stereocenters. The lowest BCUT2D eigenvalue weighted by Crippen LogP contribution is -2.17. The zero-order chi connectivity index (χ0) is 28.5. The third kappa shape index (κ3) is 7.18. The lowest BCUT2D eigenvalue weighted by molar-refractivity contribution is -0.385. The minimum Gasteiger partial charge on any atom is -0.454 e. The molecule has 2 aromatic rings. The van der Waals surface area contributed by atoms with E-state index in [4.69, 9.17) is 18.9 Å². The van der Waals surface area contributed by atoms with E-state index in [0.29, 0.717) is 37.2 Å². The molecule has 2 aliphatic rings. The highest BCUT2D eigenvalue weighted by Gasteiger charge is 2.23. The monoisotopic (exact) mass is 556 g/mol. The van der Waals surface area contributed by atoms with Gasteiger partial charge in [0.25, 0.3) is 11.4 Å². The Hall–Kier alpha value is -5.28. The van der Waals surface area contributed by atoms with Crippen molar-refractivity contribution in [2.75, 3.05) is 13.6 Å². The van der Waals surface area contributed by atoms with E-state index >= 15 is 0 Å². The molecule has 0 saturated carbocycles. The number of rotatable bonds is 13. The number of nitro groups is 2. The Morgan fingerprint density at radius 3 is 1.45 bits per heavy atom. The van der Waals surface area contributed by atoms with Gasteiger partial charge in [0.05, 0.1) is 45.5 Å². The minimum atomic E-state index is -0.580. The molecule has 2 aliphatic heterocycles. The van der Waals surface area contributed by atoms with E-state index in [-0.39, 0.29) is 72.2 Å². The zero-order valence-electron chi connectivity index (χ0n) is 21.0. The second-order valence-electron chi connectivity index (χ2n) is 8.54. The summed E-state index contributed by atoms with van der Waals surface area (Å²) >= 11 is 0. The summed E-state index contributed by atoms with van der Waals surface area (Å²) in [5.74, 6) is 0.532. The Labute approximate surface area is 226 Å². The number of carbonyl (C=O) groups is 2. The molecule has 0 radical (unpaired) electrons. The molecule has 4 rings (SSSR count). The number of nitrogens with one attached hydrogen (secondary N) is 2. The number of ether oxygens (including phenoxy) is 4. The largest absolute Gasteiger partial charge is 0.454 e. The Kier molecular flexibility index (Phi) is 9.01. The van der Waals surface area contributed by atoms with Crippen LogP contribution in [0.4, 0.5) is 11.4 Å². The summed E-state index contributed by atoms with van der Waals surface area (Å²) in [5.41, 5.74) is 4.53. The van der Waals surface area contributed by atoms with Crippen LogP contribution in [0.3, 0.4) is 0 Å². The highest BCUT2D eigenvalue weighted by atomic mass is 16.7. The predicted octanol–water partition coefficient (Wildman–Crippen LogP) is 2.90. The molecule has 210 valence electrons. The standard InChI is InChI=1S/C24H24N6O10/c31-23(27-25-11-15-7-19-21(39-13-37-19)9-17(15)29(33)34)5-3-1-2-4-6-24(32)28-26-12-16-8-20-22(40-14-38-20)10-18(16)30(35)36/h7-12H,1-6,13-14H2,(H,27,31)(H,28,32). The van der Waals surface area contributed by atoms with Crippen molar-refractivity contribution < 1.29 is 38.4 Å². The second kappa shape index (κ2) is 13.0. The third-order valence-corrected chi connectivity index (χ3v) is 5.78. The van der Waals surface area contributed by atoms with Crippen molar-refractivity contribution in [1.29, 1.82) is 0 Å². The molecule has 0 spiro atoms. The van der Waals surface area contributed by atoms with Crippen LogP contribution in [0.25, 0.3) is 0 Å². The second-order valence-corrected chi connectivity index (χ2v) is 8.54. The number of fused-ring (bicyclic) bond motifs is 2. The fraction of sp³-hybridized carbons (Fsp3) is 0.333. The van der Waals surface area contributed by atoms with Crippen molar-refractivity contribution in [3.63, 3.8) is 0 Å². The molecule has 0 aromatic heterocycles. The van der Waals surface area contributed by atoms with Crippen LogP contribution in [-0.4, -0.2) is 47.7 Å². The fourth-order valence-corrected chi connectivity index (χ4v) is 3.80. The molecule has 0 bridgehead atoms. The molecule has 2 aromatic carbocycles. The minimum absolute atomic E-state index is 0.0303. The smallest absolute Gasteiger partial charge is 0.282 e. The maximum absolute atomic E-state index is 12.0. The van der Waals surface area contributed by atoms with E-state index in [1.165, 1.54) is 36.7 Å². The van der Waals surface area contributed by atoms with Crippen molar-refractivity contribution in [3.8, 4) is 23.0 Å². The van der Waals surface area contributed by atoms with Gasteiger partial charge in [0, 0.05) is 12.8 Å². The van der Waals surface area contributed by atoms with E-state index in [0.717, 1.165) is 0 Å². The van der Waals surface area contributed by atoms with Crippen LogP contribution in [0.15, 0.2) is 34.5 Å². The van der Waals surface area contributed by atoms with E-state index in [2.05, 4.69) is 21.1 Å². The average Bonchev–Trinajstić information content (AvgIpc) is 3.58. The fourth-order valence-electron chi connectivity index (χ4n) is 3.80. The van der Waals surface area contributed by atoms with Crippen LogP contribution in [0.5, 0.6) is 23.0 Å². The van der Waals surface area contributed by atoms with Gasteiger partial charge in [0.2, 0.25) is 25.4 Å². The summed E-state index contributed by atoms with van der Waals surface area (Å²) in [6.45, 7) is -0.0606. The molecule has 2 N–H and O–H groups in total. The summed E-state index contributed by atoms with van der Waals surface area (Å²) in [4.78, 5) is 45.4. The van der Waals surface area contributed by atoms with Gasteiger partial charge in [-0.15, -0.1) is 0 Å². The molecule has 0 unspecified atom stereocenters. The first-order chi connectivity index (χ1) is 19.3. The van der Waals surface area contributed by atoms with Gasteiger partial charge in [-0.25, -0.2) is 10.9 Å². The molecular formula is C24H24N6O10. The molecule has 0 aliphatic carbocycles. The first-order valence-corrected chi connectivity index (χ1v) is 12.1. The van der Waals surface area contributed by atoms with Gasteiger partial charge >= 0.3 is 0 Å². The molecule has 0 fully saturated rings. The Bertz CT molecular complexity index is 1270. The topological polar surface area (TPSA) is 206 Å². The summed E-state index contributed by atoms with van der Waals surface area (Å²) in [6.07, 6.45) is 5.19. The zero-order valence-corrected chi connectivity index (χ0v) is 21.0. The summed E-state index contributed by atoms with van der Waals surface area (Å²) in [5, 5.41) is 30.1. The maximum atomic E-state index is 12.0. The van der Waals surface area contributed by atoms with Crippen molar-refractivity contribution in [3.05, 3.63) is 55.6 Å². The van der Waals surface area contributed by atoms with Gasteiger partial charge in [-0.1, -0.05) is 12.8 Å². The highest BCUT2D eigenvalue weighted by Crippen LogP contribution is 2.38. The Morgan fingerprint density at radius 1 is 0.700 bits per heavy atom. The van der Waals surface area contributed by atoms with Crippen LogP contribution in [-0.2, 0) is 9.59 Å². The molecule has 0 saturated heterocycles. The number of carbonyl (C=O) groups excluding carboxylic acids is 2. The quantitative estimate of drug-likeness (QED) is 0.160. The molecule has 2 heterocycles. The normalized spacial score (nSPS) is 13.1. The SMILES string of the molecule is O=C(CCCCCCC(=O)NN=Cc1cc2c(cc1[N+](=O)[O-])OCO2)NN=Cc1cc2c(cc1[N+](=O)[O-])OCO2. The summed E-state index contributed by atoms with van der Waals surface area (Å²) < 4.78 is 20.7. The number of nitrogens with zero attached hydrogens (tertiary/aromatic N) is 4. The van der Waals surface area contributed by atoms with Crippen molar-refractivity contribution in [2.24, 2.45) is 10.2 Å². The van der Waals surface area contributed by atoms with Gasteiger partial charge in [-0.2, -0.15) is 10.2 Å². The van der Waals surface area contributed by atoms with Crippen LogP contribution in [0.1, 0.15) is 49.7 Å². The van der Waals surface area contributed by atoms with Crippen molar-refractivity contribution >= 4 is 35.6 Å². The predicted molar refractivity (Wildman–Crippen MR) is 138 cm³/mol. The number of hydrogen-bond acceptors (Lipinski definition) is 12. The van der Waals surface area contributed by atoms with E-state index < -0.39 is 9.85 Å². The molecule has 16 heteroatoms. The average molecular weight is 556 g/mol. The number of nitro benzene ring substituents is 2. The Morgan fingerprint density at radius 2 is 1.07 bits per heavy atom. The number of amides is 2. The summed E-state index contributed by atoms with van der Waals surface area (Å²) in [6, 6.07) is 5.31. The first-order valence-electron chi connectivity index (χ1n) is 12.1. The molecular weight excluding hydrogens is 532 g/mol. The third-order valence-electron chi connectivity index (χ3n) is 5.78.